The predicted octanol–water partition coefficient (Wildman–Crippen LogP) is 2.45. The van der Waals surface area contributed by atoms with Crippen molar-refractivity contribution in [2.75, 3.05) is 27.3 Å². The second kappa shape index (κ2) is 6.16. The van der Waals surface area contributed by atoms with E-state index < -0.39 is 0 Å². The second-order valence-electron chi connectivity index (χ2n) is 4.63. The number of piperidine rings is 1. The maximum absolute atomic E-state index is 14.5. The molecule has 3 nitrogen and oxygen atoms in total. The Bertz CT molecular complexity index is 403. The van der Waals surface area contributed by atoms with Crippen molar-refractivity contribution in [3.05, 3.63) is 29.1 Å². The van der Waals surface area contributed by atoms with E-state index >= 15 is 0 Å². The van der Waals surface area contributed by atoms with Gasteiger partial charge in [-0.15, -0.1) is 0 Å². The van der Waals surface area contributed by atoms with Gasteiger partial charge >= 0.3 is 0 Å². The van der Waals surface area contributed by atoms with E-state index in [0.717, 1.165) is 31.5 Å². The normalized spacial score (nSPS) is 19.8. The molecule has 0 spiro atoms. The fourth-order valence-corrected chi connectivity index (χ4v) is 2.52. The van der Waals surface area contributed by atoms with E-state index in [9.17, 15) is 4.39 Å². The average molecular weight is 253 g/mol. The van der Waals surface area contributed by atoms with Gasteiger partial charge in [-0.25, -0.2) is 4.39 Å². The smallest absolute Gasteiger partial charge is 0.135 e. The number of ether oxygens (including phenoxy) is 2. The van der Waals surface area contributed by atoms with Gasteiger partial charge in [0.05, 0.1) is 19.3 Å². The van der Waals surface area contributed by atoms with Gasteiger partial charge in [0.1, 0.15) is 11.6 Å². The van der Waals surface area contributed by atoms with Crippen LogP contribution in [0.1, 0.15) is 29.9 Å². The topological polar surface area (TPSA) is 30.5 Å². The van der Waals surface area contributed by atoms with Gasteiger partial charge < -0.3 is 14.8 Å². The number of halogens is 1. The summed E-state index contributed by atoms with van der Waals surface area (Å²) in [7, 11) is 3.11. The molecule has 1 aliphatic rings. The molecule has 0 radical (unpaired) electrons. The van der Waals surface area contributed by atoms with Crippen LogP contribution in [0.3, 0.4) is 0 Å². The first-order valence-corrected chi connectivity index (χ1v) is 6.32. The Labute approximate surface area is 107 Å². The highest BCUT2D eigenvalue weighted by molar-refractivity contribution is 5.40. The van der Waals surface area contributed by atoms with Gasteiger partial charge in [0.25, 0.3) is 0 Å². The summed E-state index contributed by atoms with van der Waals surface area (Å²) in [6.07, 6.45) is 2.12. The average Bonchev–Trinajstić information content (AvgIpc) is 2.42. The highest BCUT2D eigenvalue weighted by Crippen LogP contribution is 2.32. The number of nitrogens with one attached hydrogen (secondary N) is 1. The molecule has 1 aromatic rings. The predicted molar refractivity (Wildman–Crippen MR) is 68.5 cm³/mol. The molecule has 0 saturated carbocycles. The van der Waals surface area contributed by atoms with E-state index in [0.29, 0.717) is 11.3 Å². The molecular formula is C14H20FNO2. The van der Waals surface area contributed by atoms with Gasteiger partial charge in [-0.05, 0) is 36.9 Å². The number of hydrogen-bond donors (Lipinski definition) is 1. The Balaban J connectivity index is 2.33. The minimum atomic E-state index is -0.176. The van der Waals surface area contributed by atoms with E-state index in [1.165, 1.54) is 0 Å². The third-order valence-electron chi connectivity index (χ3n) is 3.48. The van der Waals surface area contributed by atoms with Crippen LogP contribution in [0.2, 0.25) is 0 Å². The molecular weight excluding hydrogens is 233 g/mol. The van der Waals surface area contributed by atoms with Crippen LogP contribution < -0.4 is 10.1 Å². The quantitative estimate of drug-likeness (QED) is 0.894. The molecule has 18 heavy (non-hydrogen) atoms. The maximum Gasteiger partial charge on any atom is 0.135 e. The van der Waals surface area contributed by atoms with Crippen LogP contribution >= 0.6 is 0 Å². The van der Waals surface area contributed by atoms with Crippen LogP contribution in [0.4, 0.5) is 4.39 Å². The maximum atomic E-state index is 14.5. The number of methoxy groups -OCH3 is 2. The van der Waals surface area contributed by atoms with E-state index in [4.69, 9.17) is 9.47 Å². The molecule has 0 aliphatic carbocycles. The fraction of sp³-hybridized carbons (Fsp3) is 0.571. The lowest BCUT2D eigenvalue weighted by Gasteiger charge is -2.24. The van der Waals surface area contributed by atoms with Crippen molar-refractivity contribution in [3.63, 3.8) is 0 Å². The highest BCUT2D eigenvalue weighted by atomic mass is 19.1. The molecule has 1 N–H and O–H groups in total. The summed E-state index contributed by atoms with van der Waals surface area (Å²) >= 11 is 0. The summed E-state index contributed by atoms with van der Waals surface area (Å²) in [5, 5.41) is 3.31. The van der Waals surface area contributed by atoms with Crippen LogP contribution in [0.15, 0.2) is 12.1 Å². The zero-order chi connectivity index (χ0) is 13.0. The third-order valence-corrected chi connectivity index (χ3v) is 3.48. The zero-order valence-corrected chi connectivity index (χ0v) is 11.0. The molecule has 1 saturated heterocycles. The standard InChI is InChI=1S/C14H20FNO2/c1-17-9-12-13(18-2)6-5-11(14(12)15)10-4-3-7-16-8-10/h5-6,10,16H,3-4,7-9H2,1-2H3. The first-order chi connectivity index (χ1) is 8.77. The molecule has 4 heteroatoms. The number of rotatable bonds is 4. The van der Waals surface area contributed by atoms with E-state index in [1.54, 1.807) is 14.2 Å². The van der Waals surface area contributed by atoms with Crippen LogP contribution in [0.5, 0.6) is 5.75 Å². The van der Waals surface area contributed by atoms with Crippen LogP contribution in [0, 0.1) is 5.82 Å². The van der Waals surface area contributed by atoms with Crippen molar-refractivity contribution >= 4 is 0 Å². The van der Waals surface area contributed by atoms with E-state index in [-0.39, 0.29) is 18.3 Å². The van der Waals surface area contributed by atoms with Crippen LogP contribution in [-0.4, -0.2) is 27.3 Å². The van der Waals surface area contributed by atoms with Crippen molar-refractivity contribution in [1.29, 1.82) is 0 Å². The minimum Gasteiger partial charge on any atom is -0.496 e. The molecule has 1 fully saturated rings. The summed E-state index contributed by atoms with van der Waals surface area (Å²) in [5.74, 6) is 0.632. The molecule has 100 valence electrons. The molecule has 1 atom stereocenters. The van der Waals surface area contributed by atoms with Crippen molar-refractivity contribution in [2.45, 2.75) is 25.4 Å². The Morgan fingerprint density at radius 1 is 1.39 bits per heavy atom. The monoisotopic (exact) mass is 253 g/mol. The molecule has 1 aromatic carbocycles. The first-order valence-electron chi connectivity index (χ1n) is 6.32. The Morgan fingerprint density at radius 3 is 2.83 bits per heavy atom. The Morgan fingerprint density at radius 2 is 2.22 bits per heavy atom. The van der Waals surface area contributed by atoms with Crippen molar-refractivity contribution < 1.29 is 13.9 Å². The fourth-order valence-electron chi connectivity index (χ4n) is 2.52. The minimum absolute atomic E-state index is 0.176. The second-order valence-corrected chi connectivity index (χ2v) is 4.63. The van der Waals surface area contributed by atoms with Crippen molar-refractivity contribution in [2.24, 2.45) is 0 Å². The highest BCUT2D eigenvalue weighted by Gasteiger charge is 2.22. The van der Waals surface area contributed by atoms with Gasteiger partial charge in [-0.3, -0.25) is 0 Å². The molecule has 0 bridgehead atoms. The summed E-state index contributed by atoms with van der Waals surface area (Å²) in [6, 6.07) is 3.67. The van der Waals surface area contributed by atoms with Crippen molar-refractivity contribution in [3.8, 4) is 5.75 Å². The van der Waals surface area contributed by atoms with Crippen LogP contribution in [-0.2, 0) is 11.3 Å². The number of benzene rings is 1. The summed E-state index contributed by atoms with van der Waals surface area (Å²) in [4.78, 5) is 0. The van der Waals surface area contributed by atoms with Crippen LogP contribution in [0.25, 0.3) is 0 Å². The lowest BCUT2D eigenvalue weighted by atomic mass is 9.90. The molecule has 1 unspecified atom stereocenters. The molecule has 1 aliphatic heterocycles. The van der Waals surface area contributed by atoms with E-state index in [1.807, 2.05) is 12.1 Å². The van der Waals surface area contributed by atoms with E-state index in [2.05, 4.69) is 5.32 Å². The SMILES string of the molecule is COCc1c(OC)ccc(C2CCCNC2)c1F. The van der Waals surface area contributed by atoms with Gasteiger partial charge in [0.15, 0.2) is 0 Å². The van der Waals surface area contributed by atoms with Gasteiger partial charge in [-0.2, -0.15) is 0 Å². The number of hydrogen-bond acceptors (Lipinski definition) is 3. The summed E-state index contributed by atoms with van der Waals surface area (Å²) < 4.78 is 24.7. The molecule has 2 rings (SSSR count). The van der Waals surface area contributed by atoms with Gasteiger partial charge in [-0.1, -0.05) is 6.07 Å². The first kappa shape index (κ1) is 13.3. The molecule has 0 aromatic heterocycles. The Kier molecular flexibility index (Phi) is 4.55. The summed E-state index contributed by atoms with van der Waals surface area (Å²) in [6.45, 7) is 2.11. The van der Waals surface area contributed by atoms with Gasteiger partial charge in [0.2, 0.25) is 0 Å². The Hall–Kier alpha value is -1.13. The third kappa shape index (κ3) is 2.65. The lowest BCUT2D eigenvalue weighted by Crippen LogP contribution is -2.29. The lowest BCUT2D eigenvalue weighted by molar-refractivity contribution is 0.177. The largest absolute Gasteiger partial charge is 0.496 e. The molecule has 0 amide bonds. The molecule has 1 heterocycles. The van der Waals surface area contributed by atoms with Crippen molar-refractivity contribution in [1.82, 2.24) is 5.32 Å². The van der Waals surface area contributed by atoms with Gasteiger partial charge in [0, 0.05) is 13.7 Å². The zero-order valence-electron chi connectivity index (χ0n) is 11.0. The summed E-state index contributed by atoms with van der Waals surface area (Å²) in [5.41, 5.74) is 1.29.